The third-order valence-corrected chi connectivity index (χ3v) is 3.46. The maximum atomic E-state index is 11.9. The highest BCUT2D eigenvalue weighted by Gasteiger charge is 2.17. The van der Waals surface area contributed by atoms with E-state index in [0.29, 0.717) is 12.2 Å². The second kappa shape index (κ2) is 7.03. The van der Waals surface area contributed by atoms with Gasteiger partial charge < -0.3 is 9.84 Å². The number of amides is 1. The number of carbonyl (C=O) groups is 1. The summed E-state index contributed by atoms with van der Waals surface area (Å²) in [5, 5.41) is 14.6. The van der Waals surface area contributed by atoms with Crippen LogP contribution in [0.3, 0.4) is 0 Å². The molecular formula is C16H18N6O2. The molecule has 0 atom stereocenters. The van der Waals surface area contributed by atoms with E-state index in [1.165, 1.54) is 0 Å². The molecule has 0 unspecified atom stereocenters. The van der Waals surface area contributed by atoms with Crippen LogP contribution in [0, 0.1) is 6.92 Å². The van der Waals surface area contributed by atoms with Gasteiger partial charge in [0, 0.05) is 6.54 Å². The molecule has 1 N–H and O–H groups in total. The van der Waals surface area contributed by atoms with E-state index in [1.54, 1.807) is 10.9 Å². The van der Waals surface area contributed by atoms with Crippen molar-refractivity contribution in [2.75, 3.05) is 6.54 Å². The van der Waals surface area contributed by atoms with E-state index in [4.69, 9.17) is 4.52 Å². The van der Waals surface area contributed by atoms with Gasteiger partial charge in [0.2, 0.25) is 5.82 Å². The van der Waals surface area contributed by atoms with Crippen molar-refractivity contribution in [3.8, 4) is 17.2 Å². The first-order chi connectivity index (χ1) is 11.7. The van der Waals surface area contributed by atoms with Gasteiger partial charge in [-0.15, -0.1) is 5.10 Å². The van der Waals surface area contributed by atoms with Crippen LogP contribution >= 0.6 is 0 Å². The summed E-state index contributed by atoms with van der Waals surface area (Å²) in [6, 6.07) is 7.86. The topological polar surface area (TPSA) is 98.7 Å². The SMILES string of the molecule is CCCCNC(=O)c1nc(-c2cn(-c3ccc(C)cc3)nn2)no1. The predicted molar refractivity (Wildman–Crippen MR) is 86.6 cm³/mol. The van der Waals surface area contributed by atoms with Gasteiger partial charge in [-0.25, -0.2) is 4.68 Å². The Labute approximate surface area is 138 Å². The molecule has 0 radical (unpaired) electrons. The number of unbranched alkanes of at least 4 members (excludes halogenated alkanes) is 1. The van der Waals surface area contributed by atoms with Crippen molar-refractivity contribution in [3.05, 3.63) is 41.9 Å². The molecule has 3 aromatic rings. The third-order valence-electron chi connectivity index (χ3n) is 3.46. The lowest BCUT2D eigenvalue weighted by atomic mass is 10.2. The van der Waals surface area contributed by atoms with Crippen molar-refractivity contribution in [2.24, 2.45) is 0 Å². The first-order valence-electron chi connectivity index (χ1n) is 7.79. The van der Waals surface area contributed by atoms with Gasteiger partial charge >= 0.3 is 11.8 Å². The summed E-state index contributed by atoms with van der Waals surface area (Å²) in [4.78, 5) is 15.9. The molecule has 0 aliphatic rings. The third kappa shape index (κ3) is 3.48. The van der Waals surface area contributed by atoms with Crippen LogP contribution in [0.15, 0.2) is 35.0 Å². The zero-order chi connectivity index (χ0) is 16.9. The van der Waals surface area contributed by atoms with Crippen LogP contribution in [0.5, 0.6) is 0 Å². The van der Waals surface area contributed by atoms with Crippen LogP contribution in [0.2, 0.25) is 0 Å². The Balaban J connectivity index is 1.74. The number of aromatic nitrogens is 5. The highest BCUT2D eigenvalue weighted by molar-refractivity contribution is 5.89. The molecule has 0 saturated carbocycles. The monoisotopic (exact) mass is 326 g/mol. The Morgan fingerprint density at radius 3 is 2.83 bits per heavy atom. The van der Waals surface area contributed by atoms with E-state index in [2.05, 4.69) is 25.8 Å². The summed E-state index contributed by atoms with van der Waals surface area (Å²) >= 11 is 0. The molecule has 2 aromatic heterocycles. The Bertz CT molecular complexity index is 821. The highest BCUT2D eigenvalue weighted by Crippen LogP contribution is 2.15. The van der Waals surface area contributed by atoms with Crippen molar-refractivity contribution in [1.82, 2.24) is 30.5 Å². The fourth-order valence-corrected chi connectivity index (χ4v) is 2.06. The Morgan fingerprint density at radius 1 is 1.29 bits per heavy atom. The zero-order valence-corrected chi connectivity index (χ0v) is 13.6. The number of rotatable bonds is 6. The smallest absolute Gasteiger partial charge is 0.316 e. The van der Waals surface area contributed by atoms with Gasteiger partial charge in [-0.2, -0.15) is 4.98 Å². The van der Waals surface area contributed by atoms with Crippen molar-refractivity contribution in [3.63, 3.8) is 0 Å². The number of nitrogens with zero attached hydrogens (tertiary/aromatic N) is 5. The summed E-state index contributed by atoms with van der Waals surface area (Å²) in [6.07, 6.45) is 3.59. The summed E-state index contributed by atoms with van der Waals surface area (Å²) < 4.78 is 6.61. The molecule has 124 valence electrons. The molecule has 2 heterocycles. The average Bonchev–Trinajstić information content (AvgIpc) is 3.25. The van der Waals surface area contributed by atoms with Gasteiger partial charge in [0.1, 0.15) is 0 Å². The molecule has 0 aliphatic heterocycles. The maximum Gasteiger partial charge on any atom is 0.316 e. The number of hydrogen-bond acceptors (Lipinski definition) is 6. The minimum absolute atomic E-state index is 0.0778. The van der Waals surface area contributed by atoms with Gasteiger partial charge in [0.15, 0.2) is 5.69 Å². The molecule has 8 nitrogen and oxygen atoms in total. The van der Waals surface area contributed by atoms with E-state index >= 15 is 0 Å². The molecule has 3 rings (SSSR count). The second-order valence-electron chi connectivity index (χ2n) is 5.42. The fourth-order valence-electron chi connectivity index (χ4n) is 2.06. The maximum absolute atomic E-state index is 11.9. The van der Waals surface area contributed by atoms with E-state index < -0.39 is 0 Å². The lowest BCUT2D eigenvalue weighted by Crippen LogP contribution is -2.24. The summed E-state index contributed by atoms with van der Waals surface area (Å²) in [5.41, 5.74) is 2.48. The number of aryl methyl sites for hydroxylation is 1. The normalized spacial score (nSPS) is 10.8. The first-order valence-corrected chi connectivity index (χ1v) is 7.79. The van der Waals surface area contributed by atoms with E-state index in [9.17, 15) is 4.79 Å². The van der Waals surface area contributed by atoms with Crippen LogP contribution < -0.4 is 5.32 Å². The largest absolute Gasteiger partial charge is 0.348 e. The number of nitrogens with one attached hydrogen (secondary N) is 1. The van der Waals surface area contributed by atoms with Crippen molar-refractivity contribution >= 4 is 5.91 Å². The minimum atomic E-state index is -0.381. The first kappa shape index (κ1) is 15.9. The predicted octanol–water partition coefficient (Wildman–Crippen LogP) is 2.16. The molecule has 8 heteroatoms. The molecule has 24 heavy (non-hydrogen) atoms. The zero-order valence-electron chi connectivity index (χ0n) is 13.6. The second-order valence-corrected chi connectivity index (χ2v) is 5.42. The van der Waals surface area contributed by atoms with Crippen molar-refractivity contribution in [1.29, 1.82) is 0 Å². The van der Waals surface area contributed by atoms with Crippen LogP contribution in [0.4, 0.5) is 0 Å². The average molecular weight is 326 g/mol. The number of hydrogen-bond donors (Lipinski definition) is 1. The van der Waals surface area contributed by atoms with Gasteiger partial charge in [0.25, 0.3) is 0 Å². The van der Waals surface area contributed by atoms with Crippen LogP contribution in [0.25, 0.3) is 17.2 Å². The minimum Gasteiger partial charge on any atom is -0.348 e. The van der Waals surface area contributed by atoms with Crippen LogP contribution in [-0.4, -0.2) is 37.6 Å². The molecule has 0 saturated heterocycles. The van der Waals surface area contributed by atoms with Crippen LogP contribution in [0.1, 0.15) is 36.0 Å². The lowest BCUT2D eigenvalue weighted by molar-refractivity contribution is 0.0909. The van der Waals surface area contributed by atoms with Gasteiger partial charge in [-0.05, 0) is 25.5 Å². The number of benzene rings is 1. The molecule has 0 aliphatic carbocycles. The quantitative estimate of drug-likeness (QED) is 0.697. The Hall–Kier alpha value is -3.03. The Morgan fingerprint density at radius 2 is 2.08 bits per heavy atom. The van der Waals surface area contributed by atoms with Crippen molar-refractivity contribution in [2.45, 2.75) is 26.7 Å². The molecule has 0 spiro atoms. The van der Waals surface area contributed by atoms with E-state index in [0.717, 1.165) is 24.1 Å². The molecule has 1 aromatic carbocycles. The standard InChI is InChI=1S/C16H18N6O2/c1-3-4-9-17-15(23)16-18-14(20-24-16)13-10-22(21-19-13)12-7-5-11(2)6-8-12/h5-8,10H,3-4,9H2,1-2H3,(H,17,23). The Kier molecular flexibility index (Phi) is 4.64. The highest BCUT2D eigenvalue weighted by atomic mass is 16.5. The number of carbonyl (C=O) groups excluding carboxylic acids is 1. The van der Waals surface area contributed by atoms with Crippen LogP contribution in [-0.2, 0) is 0 Å². The molecular weight excluding hydrogens is 308 g/mol. The molecule has 0 fully saturated rings. The summed E-state index contributed by atoms with van der Waals surface area (Å²) in [6.45, 7) is 4.65. The molecule has 0 bridgehead atoms. The fraction of sp³-hybridized carbons (Fsp3) is 0.312. The molecule has 1 amide bonds. The van der Waals surface area contributed by atoms with Gasteiger partial charge in [-0.3, -0.25) is 4.79 Å². The van der Waals surface area contributed by atoms with Gasteiger partial charge in [0.05, 0.1) is 11.9 Å². The van der Waals surface area contributed by atoms with Gasteiger partial charge in [-0.1, -0.05) is 41.4 Å². The lowest BCUT2D eigenvalue weighted by Gasteiger charge is -1.99. The van der Waals surface area contributed by atoms with E-state index in [1.807, 2.05) is 38.1 Å². The summed E-state index contributed by atoms with van der Waals surface area (Å²) in [7, 11) is 0. The summed E-state index contributed by atoms with van der Waals surface area (Å²) in [5.74, 6) is -0.229. The van der Waals surface area contributed by atoms with Crippen molar-refractivity contribution < 1.29 is 9.32 Å². The van der Waals surface area contributed by atoms with E-state index in [-0.39, 0.29) is 17.6 Å².